The van der Waals surface area contributed by atoms with Gasteiger partial charge in [-0.05, 0) is 77.6 Å². The summed E-state index contributed by atoms with van der Waals surface area (Å²) in [6.07, 6.45) is 0.234. The Morgan fingerprint density at radius 1 is 0.712 bits per heavy atom. The second-order valence-corrected chi connectivity index (χ2v) is 15.2. The zero-order valence-corrected chi connectivity index (χ0v) is 31.9. The number of Topliss-reactive ketones (excluding diaryl/α,β-unsaturated/α-hetero) is 1. The van der Waals surface area contributed by atoms with Gasteiger partial charge in [0.2, 0.25) is 0 Å². The summed E-state index contributed by atoms with van der Waals surface area (Å²) >= 11 is 12.2. The highest BCUT2D eigenvalue weighted by Crippen LogP contribution is 2.43. The average molecular weight is 766 g/mol. The number of nitro benzene ring substituents is 2. The molecule has 15 nitrogen and oxygen atoms in total. The van der Waals surface area contributed by atoms with E-state index in [-0.39, 0.29) is 46.9 Å². The van der Waals surface area contributed by atoms with Crippen LogP contribution in [0.1, 0.15) is 92.2 Å². The van der Waals surface area contributed by atoms with Gasteiger partial charge in [-0.15, -0.1) is 0 Å². The van der Waals surface area contributed by atoms with E-state index in [0.717, 1.165) is 24.3 Å². The number of ketones is 1. The lowest BCUT2D eigenvalue weighted by Gasteiger charge is -2.42. The van der Waals surface area contributed by atoms with E-state index in [1.807, 2.05) is 0 Å². The SMILES string of the molecule is CCCC(=N)C(C(=O)C(C(=N)CCC)C(N)(C(=O)OC(C)(C)C)c1ccc(Cl)c([N+](=O)[O-])c1)C(N)(C(=O)OC(C)(C)C)c1ccc(Cl)c([N+](=O)[O-])c1. The van der Waals surface area contributed by atoms with Gasteiger partial charge in [0.1, 0.15) is 21.2 Å². The Labute approximate surface area is 312 Å². The van der Waals surface area contributed by atoms with Crippen LogP contribution < -0.4 is 11.5 Å². The van der Waals surface area contributed by atoms with Crippen LogP contribution in [0.4, 0.5) is 11.4 Å². The van der Waals surface area contributed by atoms with Gasteiger partial charge in [0, 0.05) is 23.6 Å². The third-order valence-electron chi connectivity index (χ3n) is 7.93. The Bertz CT molecular complexity index is 1650. The molecule has 0 amide bonds. The largest absolute Gasteiger partial charge is 0.458 e. The van der Waals surface area contributed by atoms with Crippen LogP contribution in [0, 0.1) is 42.9 Å². The Hall–Kier alpha value is -4.31. The molecule has 0 spiro atoms. The number of nitrogens with one attached hydrogen (secondary N) is 2. The summed E-state index contributed by atoms with van der Waals surface area (Å²) < 4.78 is 11.4. The van der Waals surface area contributed by atoms with Gasteiger partial charge in [-0.3, -0.25) is 25.0 Å². The monoisotopic (exact) mass is 764 g/mol. The zero-order chi connectivity index (χ0) is 40.1. The minimum absolute atomic E-state index is 0.141. The zero-order valence-electron chi connectivity index (χ0n) is 30.4. The number of hydrogen-bond donors (Lipinski definition) is 4. The predicted molar refractivity (Wildman–Crippen MR) is 197 cm³/mol. The molecule has 2 aromatic carbocycles. The van der Waals surface area contributed by atoms with Crippen LogP contribution in [-0.2, 0) is 34.9 Å². The molecule has 2 aromatic rings. The van der Waals surface area contributed by atoms with Crippen molar-refractivity contribution in [2.45, 2.75) is 103 Å². The molecule has 0 aliphatic rings. The number of benzene rings is 2. The Morgan fingerprint density at radius 3 is 1.27 bits per heavy atom. The molecule has 0 bridgehead atoms. The molecule has 0 fully saturated rings. The highest BCUT2D eigenvalue weighted by atomic mass is 35.5. The maximum Gasteiger partial charge on any atom is 0.332 e. The van der Waals surface area contributed by atoms with Crippen molar-refractivity contribution in [3.05, 3.63) is 77.8 Å². The third-order valence-corrected chi connectivity index (χ3v) is 8.57. The lowest BCUT2D eigenvalue weighted by atomic mass is 9.64. The fourth-order valence-corrected chi connectivity index (χ4v) is 6.06. The van der Waals surface area contributed by atoms with E-state index in [2.05, 4.69) is 0 Å². The van der Waals surface area contributed by atoms with Crippen molar-refractivity contribution >= 4 is 63.7 Å². The highest BCUT2D eigenvalue weighted by molar-refractivity contribution is 6.33. The smallest absolute Gasteiger partial charge is 0.332 e. The van der Waals surface area contributed by atoms with Crippen molar-refractivity contribution in [1.29, 1.82) is 10.8 Å². The van der Waals surface area contributed by atoms with Crippen molar-refractivity contribution < 1.29 is 33.7 Å². The molecule has 4 unspecified atom stereocenters. The fourth-order valence-electron chi connectivity index (χ4n) is 5.69. The normalized spacial score (nSPS) is 15.3. The van der Waals surface area contributed by atoms with Crippen LogP contribution in [0.5, 0.6) is 0 Å². The first-order chi connectivity index (χ1) is 23.8. The van der Waals surface area contributed by atoms with Crippen molar-refractivity contribution in [1.82, 2.24) is 0 Å². The predicted octanol–water partition coefficient (Wildman–Crippen LogP) is 6.94. The first-order valence-corrected chi connectivity index (χ1v) is 17.1. The van der Waals surface area contributed by atoms with E-state index in [1.165, 1.54) is 53.7 Å². The molecule has 284 valence electrons. The number of nitro groups is 2. The van der Waals surface area contributed by atoms with Crippen LogP contribution in [0.2, 0.25) is 10.0 Å². The number of nitrogens with zero attached hydrogens (tertiary/aromatic N) is 2. The van der Waals surface area contributed by atoms with Crippen LogP contribution in [0.15, 0.2) is 36.4 Å². The Kier molecular flexibility index (Phi) is 14.0. The quantitative estimate of drug-likeness (QED) is 0.0589. The van der Waals surface area contributed by atoms with E-state index < -0.39 is 84.5 Å². The Balaban J connectivity index is 3.24. The number of ether oxygens (including phenoxy) is 2. The molecular weight excluding hydrogens is 719 g/mol. The van der Waals surface area contributed by atoms with Gasteiger partial charge in [-0.1, -0.05) is 62.0 Å². The van der Waals surface area contributed by atoms with Gasteiger partial charge in [-0.2, -0.15) is 0 Å². The highest BCUT2D eigenvalue weighted by Gasteiger charge is 2.59. The molecule has 6 N–H and O–H groups in total. The van der Waals surface area contributed by atoms with E-state index in [1.54, 1.807) is 13.8 Å². The molecular formula is C35H46Cl2N6O9. The van der Waals surface area contributed by atoms with E-state index >= 15 is 4.79 Å². The summed E-state index contributed by atoms with van der Waals surface area (Å²) in [5, 5.41) is 41.7. The summed E-state index contributed by atoms with van der Waals surface area (Å²) in [6.45, 7) is 12.5. The summed E-state index contributed by atoms with van der Waals surface area (Å²) in [5.41, 5.74) is 3.19. The molecule has 0 heterocycles. The van der Waals surface area contributed by atoms with Gasteiger partial charge in [0.25, 0.3) is 11.4 Å². The minimum atomic E-state index is -2.71. The molecule has 2 rings (SSSR count). The van der Waals surface area contributed by atoms with Gasteiger partial charge < -0.3 is 31.8 Å². The molecule has 52 heavy (non-hydrogen) atoms. The molecule has 17 heteroatoms. The second-order valence-electron chi connectivity index (χ2n) is 14.4. The molecule has 0 aromatic heterocycles. The molecule has 4 atom stereocenters. The first kappa shape index (κ1) is 43.9. The van der Waals surface area contributed by atoms with Crippen LogP contribution in [0.3, 0.4) is 0 Å². The van der Waals surface area contributed by atoms with Crippen molar-refractivity contribution in [2.75, 3.05) is 0 Å². The van der Waals surface area contributed by atoms with E-state index in [4.69, 9.17) is 44.1 Å². The Morgan fingerprint density at radius 2 is 1.02 bits per heavy atom. The molecule has 0 saturated carbocycles. The summed E-state index contributed by atoms with van der Waals surface area (Å²) in [4.78, 5) is 66.5. The lowest BCUT2D eigenvalue weighted by Crippen LogP contribution is -2.64. The van der Waals surface area contributed by atoms with E-state index in [0.29, 0.717) is 0 Å². The van der Waals surface area contributed by atoms with Gasteiger partial charge in [0.15, 0.2) is 16.9 Å². The minimum Gasteiger partial charge on any atom is -0.458 e. The van der Waals surface area contributed by atoms with Gasteiger partial charge in [-0.25, -0.2) is 9.59 Å². The topological polar surface area (TPSA) is 256 Å². The lowest BCUT2D eigenvalue weighted by molar-refractivity contribution is -0.384. The number of nitrogens with two attached hydrogens (primary N) is 2. The average Bonchev–Trinajstić information content (AvgIpc) is 2.99. The van der Waals surface area contributed by atoms with Crippen LogP contribution in [0.25, 0.3) is 0 Å². The summed E-state index contributed by atoms with van der Waals surface area (Å²) in [7, 11) is 0. The summed E-state index contributed by atoms with van der Waals surface area (Å²) in [6, 6.07) is 6.34. The maximum absolute atomic E-state index is 15.5. The number of halogens is 2. The van der Waals surface area contributed by atoms with Crippen LogP contribution >= 0.6 is 23.2 Å². The molecule has 0 radical (unpaired) electrons. The molecule has 0 aliphatic heterocycles. The third kappa shape index (κ3) is 9.56. The standard InChI is InChI=1S/C35H46Cl2N6O9/c1-9-11-23(38)27(34(40,30(45)51-32(3,4)5)19-13-15-21(36)25(17-19)42(47)48)29(44)28(24(39)12-10-2)35(41,31(46)52-33(6,7)8)20-14-16-22(37)26(18-20)43(49)50/h13-18,27-28,38-39H,9-12,40-41H2,1-8H3. The number of carbonyl (C=O) groups is 3. The van der Waals surface area contributed by atoms with Gasteiger partial charge in [0.05, 0.1) is 21.7 Å². The van der Waals surface area contributed by atoms with Crippen molar-refractivity contribution in [3.8, 4) is 0 Å². The van der Waals surface area contributed by atoms with Crippen molar-refractivity contribution in [3.63, 3.8) is 0 Å². The first-order valence-electron chi connectivity index (χ1n) is 16.4. The van der Waals surface area contributed by atoms with Crippen molar-refractivity contribution in [2.24, 2.45) is 23.3 Å². The number of hydrogen-bond acceptors (Lipinski definition) is 13. The van der Waals surface area contributed by atoms with Gasteiger partial charge >= 0.3 is 11.9 Å². The summed E-state index contributed by atoms with van der Waals surface area (Å²) in [5.74, 6) is -7.86. The van der Waals surface area contributed by atoms with Crippen LogP contribution in [-0.4, -0.2) is 50.2 Å². The van der Waals surface area contributed by atoms with E-state index in [9.17, 15) is 40.6 Å². The second kappa shape index (κ2) is 16.6. The maximum atomic E-state index is 15.5. The molecule has 0 aliphatic carbocycles. The number of carbonyl (C=O) groups excluding carboxylic acids is 3. The molecule has 0 saturated heterocycles. The number of rotatable bonds is 16. The fraction of sp³-hybridized carbons (Fsp3) is 0.514. The number of esters is 2.